The lowest BCUT2D eigenvalue weighted by atomic mass is 10.3. The van der Waals surface area contributed by atoms with Crippen molar-refractivity contribution in [3.63, 3.8) is 0 Å². The molecule has 11 heteroatoms. The molecular weight excluding hydrogens is 427 g/mol. The van der Waals surface area contributed by atoms with Gasteiger partial charge in [0.15, 0.2) is 5.13 Å². The van der Waals surface area contributed by atoms with Crippen molar-refractivity contribution in [2.75, 3.05) is 31.1 Å². The molecule has 2 heterocycles. The number of piperazine rings is 1. The first kappa shape index (κ1) is 19.9. The second-order valence-corrected chi connectivity index (χ2v) is 9.32. The Morgan fingerprint density at radius 2 is 1.62 bits per heavy atom. The van der Waals surface area contributed by atoms with Gasteiger partial charge in [0.2, 0.25) is 10.0 Å². The minimum atomic E-state index is -4.82. The summed E-state index contributed by atoms with van der Waals surface area (Å²) in [6, 6.07) is 12.0. The summed E-state index contributed by atoms with van der Waals surface area (Å²) in [5.41, 5.74) is 0.906. The minimum absolute atomic E-state index is 0.0690. The highest BCUT2D eigenvalue weighted by molar-refractivity contribution is 7.89. The van der Waals surface area contributed by atoms with Crippen molar-refractivity contribution in [3.8, 4) is 5.75 Å². The van der Waals surface area contributed by atoms with Gasteiger partial charge in [0, 0.05) is 26.2 Å². The number of nitrogens with zero attached hydrogens (tertiary/aromatic N) is 3. The fraction of sp³-hybridized carbons (Fsp3) is 0.278. The Kier molecular flexibility index (Phi) is 5.13. The van der Waals surface area contributed by atoms with Crippen molar-refractivity contribution >= 4 is 36.7 Å². The zero-order valence-electron chi connectivity index (χ0n) is 15.0. The van der Waals surface area contributed by atoms with Crippen LogP contribution in [0.5, 0.6) is 5.75 Å². The van der Waals surface area contributed by atoms with Crippen LogP contribution in [0.3, 0.4) is 0 Å². The monoisotopic (exact) mass is 443 g/mol. The molecule has 3 aromatic rings. The van der Waals surface area contributed by atoms with Gasteiger partial charge in [-0.15, -0.1) is 13.2 Å². The molecular formula is C18H16F3N3O3S2. The molecule has 4 rings (SSSR count). The molecule has 154 valence electrons. The third kappa shape index (κ3) is 4.31. The van der Waals surface area contributed by atoms with E-state index in [1.165, 1.54) is 4.31 Å². The van der Waals surface area contributed by atoms with Crippen molar-refractivity contribution in [2.45, 2.75) is 11.3 Å². The molecule has 2 aromatic carbocycles. The van der Waals surface area contributed by atoms with Crippen LogP contribution >= 0.6 is 11.3 Å². The highest BCUT2D eigenvalue weighted by Crippen LogP contribution is 2.30. The van der Waals surface area contributed by atoms with E-state index in [2.05, 4.69) is 9.72 Å². The number of sulfonamides is 1. The summed E-state index contributed by atoms with van der Waals surface area (Å²) in [5, 5.41) is 0.844. The first-order valence-corrected chi connectivity index (χ1v) is 10.9. The van der Waals surface area contributed by atoms with Gasteiger partial charge in [0.05, 0.1) is 15.1 Å². The van der Waals surface area contributed by atoms with Crippen LogP contribution in [0, 0.1) is 0 Å². The predicted molar refractivity (Wildman–Crippen MR) is 104 cm³/mol. The summed E-state index contributed by atoms with van der Waals surface area (Å²) >= 11 is 1.56. The van der Waals surface area contributed by atoms with Gasteiger partial charge in [0.25, 0.3) is 0 Å². The second kappa shape index (κ2) is 7.47. The maximum Gasteiger partial charge on any atom is 0.573 e. The highest BCUT2D eigenvalue weighted by atomic mass is 32.2. The molecule has 29 heavy (non-hydrogen) atoms. The van der Waals surface area contributed by atoms with Crippen LogP contribution in [-0.4, -0.2) is 50.2 Å². The second-order valence-electron chi connectivity index (χ2n) is 6.37. The predicted octanol–water partition coefficient (Wildman–Crippen LogP) is 3.71. The molecule has 0 amide bonds. The van der Waals surface area contributed by atoms with Gasteiger partial charge in [-0.2, -0.15) is 4.31 Å². The largest absolute Gasteiger partial charge is 0.573 e. The number of rotatable bonds is 4. The fourth-order valence-electron chi connectivity index (χ4n) is 3.08. The van der Waals surface area contributed by atoms with E-state index < -0.39 is 22.1 Å². The van der Waals surface area contributed by atoms with Gasteiger partial charge in [-0.1, -0.05) is 23.5 Å². The maximum atomic E-state index is 12.8. The Bertz CT molecular complexity index is 1070. The lowest BCUT2D eigenvalue weighted by Gasteiger charge is -2.33. The zero-order chi connectivity index (χ0) is 20.6. The SMILES string of the molecule is O=S(=O)(c1ccc(OC(F)(F)F)cc1)N1CCN(c2nc3ccccc3s2)CC1. The Hall–Kier alpha value is -2.37. The fourth-order valence-corrected chi connectivity index (χ4v) is 5.52. The summed E-state index contributed by atoms with van der Waals surface area (Å²) in [7, 11) is -3.80. The molecule has 1 saturated heterocycles. The van der Waals surface area contributed by atoms with Crippen LogP contribution in [0.4, 0.5) is 18.3 Å². The van der Waals surface area contributed by atoms with Crippen LogP contribution in [0.1, 0.15) is 0 Å². The van der Waals surface area contributed by atoms with Crippen molar-refractivity contribution in [3.05, 3.63) is 48.5 Å². The highest BCUT2D eigenvalue weighted by Gasteiger charge is 2.32. The Labute approximate surface area is 169 Å². The van der Waals surface area contributed by atoms with Crippen molar-refractivity contribution in [1.82, 2.24) is 9.29 Å². The quantitative estimate of drug-likeness (QED) is 0.615. The summed E-state index contributed by atoms with van der Waals surface area (Å²) in [4.78, 5) is 6.56. The number of aromatic nitrogens is 1. The van der Waals surface area contributed by atoms with Gasteiger partial charge in [0.1, 0.15) is 5.75 Å². The van der Waals surface area contributed by atoms with Crippen LogP contribution < -0.4 is 9.64 Å². The first-order valence-electron chi connectivity index (χ1n) is 8.69. The molecule has 6 nitrogen and oxygen atoms in total. The normalized spacial score (nSPS) is 16.3. The lowest BCUT2D eigenvalue weighted by molar-refractivity contribution is -0.274. The smallest absolute Gasteiger partial charge is 0.406 e. The summed E-state index contributed by atoms with van der Waals surface area (Å²) in [6.07, 6.45) is -4.82. The third-order valence-electron chi connectivity index (χ3n) is 4.49. The molecule has 0 N–H and O–H groups in total. The van der Waals surface area contributed by atoms with E-state index in [-0.39, 0.29) is 18.0 Å². The van der Waals surface area contributed by atoms with Gasteiger partial charge in [-0.3, -0.25) is 0 Å². The first-order chi connectivity index (χ1) is 13.7. The molecule has 1 fully saturated rings. The van der Waals surface area contributed by atoms with Crippen LogP contribution in [0.15, 0.2) is 53.4 Å². The van der Waals surface area contributed by atoms with Crippen LogP contribution in [-0.2, 0) is 10.0 Å². The van der Waals surface area contributed by atoms with E-state index in [1.54, 1.807) is 11.3 Å². The molecule has 1 aliphatic rings. The van der Waals surface area contributed by atoms with Gasteiger partial charge < -0.3 is 9.64 Å². The topological polar surface area (TPSA) is 62.7 Å². The number of halogens is 3. The molecule has 0 spiro atoms. The molecule has 0 saturated carbocycles. The number of alkyl halides is 3. The number of para-hydroxylation sites is 1. The number of benzene rings is 2. The van der Waals surface area contributed by atoms with E-state index in [4.69, 9.17) is 0 Å². The molecule has 1 aliphatic heterocycles. The molecule has 0 bridgehead atoms. The van der Waals surface area contributed by atoms with E-state index in [1.807, 2.05) is 29.2 Å². The molecule has 1 aromatic heterocycles. The van der Waals surface area contributed by atoms with E-state index in [9.17, 15) is 21.6 Å². The van der Waals surface area contributed by atoms with Crippen LogP contribution in [0.25, 0.3) is 10.2 Å². The van der Waals surface area contributed by atoms with Crippen molar-refractivity contribution < 1.29 is 26.3 Å². The Balaban J connectivity index is 1.44. The van der Waals surface area contributed by atoms with E-state index >= 15 is 0 Å². The van der Waals surface area contributed by atoms with Crippen molar-refractivity contribution in [1.29, 1.82) is 0 Å². The van der Waals surface area contributed by atoms with Gasteiger partial charge in [-0.05, 0) is 36.4 Å². The summed E-state index contributed by atoms with van der Waals surface area (Å²) in [5.74, 6) is -0.461. The summed E-state index contributed by atoms with van der Waals surface area (Å²) < 4.78 is 68.5. The Morgan fingerprint density at radius 1 is 0.966 bits per heavy atom. The maximum absolute atomic E-state index is 12.8. The average Bonchev–Trinajstić information content (AvgIpc) is 3.11. The van der Waals surface area contributed by atoms with Gasteiger partial charge >= 0.3 is 6.36 Å². The number of hydrogen-bond donors (Lipinski definition) is 0. The van der Waals surface area contributed by atoms with E-state index in [0.29, 0.717) is 13.1 Å². The Morgan fingerprint density at radius 3 is 2.24 bits per heavy atom. The van der Waals surface area contributed by atoms with Crippen LogP contribution in [0.2, 0.25) is 0 Å². The van der Waals surface area contributed by atoms with Crippen molar-refractivity contribution in [2.24, 2.45) is 0 Å². The molecule has 0 unspecified atom stereocenters. The molecule has 0 aliphatic carbocycles. The molecule has 0 atom stereocenters. The number of anilines is 1. The zero-order valence-corrected chi connectivity index (χ0v) is 16.6. The number of thiazole rings is 1. The summed E-state index contributed by atoms with van der Waals surface area (Å²) in [6.45, 7) is 1.49. The number of fused-ring (bicyclic) bond motifs is 1. The lowest BCUT2D eigenvalue weighted by Crippen LogP contribution is -2.48. The van der Waals surface area contributed by atoms with Gasteiger partial charge in [-0.25, -0.2) is 13.4 Å². The standard InChI is InChI=1S/C18H16F3N3O3S2/c19-18(20,21)27-13-5-7-14(8-6-13)29(25,26)24-11-9-23(10-12-24)17-22-15-3-1-2-4-16(15)28-17/h1-8H,9-12H2. The third-order valence-corrected chi connectivity index (χ3v) is 7.50. The van der Waals surface area contributed by atoms with E-state index in [0.717, 1.165) is 39.6 Å². The average molecular weight is 443 g/mol. The number of hydrogen-bond acceptors (Lipinski definition) is 6. The molecule has 0 radical (unpaired) electrons. The minimum Gasteiger partial charge on any atom is -0.406 e. The number of ether oxygens (including phenoxy) is 1.